The molecule has 1 N–H and O–H groups in total. The highest BCUT2D eigenvalue weighted by atomic mass is 32.2. The zero-order valence-corrected chi connectivity index (χ0v) is 15.9. The lowest BCUT2D eigenvalue weighted by molar-refractivity contribution is -0.117. The Morgan fingerprint density at radius 2 is 2.00 bits per heavy atom. The van der Waals surface area contributed by atoms with Crippen molar-refractivity contribution in [3.63, 3.8) is 0 Å². The number of nitrogens with one attached hydrogen (secondary N) is 1. The second kappa shape index (κ2) is 8.96. The summed E-state index contributed by atoms with van der Waals surface area (Å²) >= 11 is 3.17. The molecule has 0 saturated heterocycles. The van der Waals surface area contributed by atoms with Crippen molar-refractivity contribution in [3.8, 4) is 0 Å². The first kappa shape index (κ1) is 18.6. The lowest BCUT2D eigenvalue weighted by atomic mass is 10.2. The number of rotatable bonds is 7. The first-order chi connectivity index (χ1) is 12.7. The van der Waals surface area contributed by atoms with Crippen LogP contribution in [-0.4, -0.2) is 29.9 Å². The van der Waals surface area contributed by atoms with Gasteiger partial charge in [0.05, 0.1) is 17.1 Å². The Labute approximate surface area is 162 Å². The van der Waals surface area contributed by atoms with Crippen LogP contribution < -0.4 is 10.2 Å². The van der Waals surface area contributed by atoms with E-state index in [4.69, 9.17) is 0 Å². The van der Waals surface area contributed by atoms with Gasteiger partial charge >= 0.3 is 0 Å². The summed E-state index contributed by atoms with van der Waals surface area (Å²) in [6.07, 6.45) is 2.09. The maximum Gasteiger partial charge on any atom is 0.237 e. The van der Waals surface area contributed by atoms with Crippen molar-refractivity contribution in [1.29, 1.82) is 0 Å². The van der Waals surface area contributed by atoms with E-state index in [1.807, 2.05) is 54.6 Å². The molecule has 0 saturated carbocycles. The summed E-state index contributed by atoms with van der Waals surface area (Å²) in [4.78, 5) is 28.5. The number of fused-ring (bicyclic) bond motifs is 1. The zero-order valence-electron chi connectivity index (χ0n) is 14.3. The highest BCUT2D eigenvalue weighted by Gasteiger charge is 2.24. The predicted molar refractivity (Wildman–Crippen MR) is 110 cm³/mol. The molecule has 3 rings (SSSR count). The summed E-state index contributed by atoms with van der Waals surface area (Å²) in [5.74, 6) is 1.15. The molecule has 134 valence electrons. The smallest absolute Gasteiger partial charge is 0.237 e. The standard InChI is InChI=1S/C20H20N2O2S2/c1-2-13-25-17-9-5-3-7-15(17)21-19(23)11-12-22-16-8-4-6-10-18(16)26-14-20(22)24/h2-10H,1,11-14H2,(H,21,23). The molecule has 0 atom stereocenters. The molecule has 2 aromatic carbocycles. The predicted octanol–water partition coefficient (Wildman–Crippen LogP) is 4.43. The van der Waals surface area contributed by atoms with E-state index in [9.17, 15) is 9.59 Å². The van der Waals surface area contributed by atoms with Crippen LogP contribution in [0.5, 0.6) is 0 Å². The number of amides is 2. The number of anilines is 2. The van der Waals surface area contributed by atoms with Crippen LogP contribution in [0.2, 0.25) is 0 Å². The minimum absolute atomic E-state index is 0.0449. The molecule has 26 heavy (non-hydrogen) atoms. The number of thioether (sulfide) groups is 2. The van der Waals surface area contributed by atoms with Crippen molar-refractivity contribution in [3.05, 3.63) is 61.2 Å². The van der Waals surface area contributed by atoms with E-state index >= 15 is 0 Å². The van der Waals surface area contributed by atoms with Gasteiger partial charge < -0.3 is 10.2 Å². The van der Waals surface area contributed by atoms with Gasteiger partial charge in [-0.05, 0) is 24.3 Å². The third-order valence-corrected chi connectivity index (χ3v) is 6.01. The summed E-state index contributed by atoms with van der Waals surface area (Å²) in [7, 11) is 0. The average Bonchev–Trinajstić information content (AvgIpc) is 2.66. The summed E-state index contributed by atoms with van der Waals surface area (Å²) in [6, 6.07) is 15.5. The van der Waals surface area contributed by atoms with E-state index in [2.05, 4.69) is 11.9 Å². The van der Waals surface area contributed by atoms with Gasteiger partial charge in [0, 0.05) is 28.5 Å². The number of carbonyl (C=O) groups excluding carboxylic acids is 2. The molecule has 0 radical (unpaired) electrons. The Morgan fingerprint density at radius 1 is 1.23 bits per heavy atom. The molecule has 0 aromatic heterocycles. The van der Waals surface area contributed by atoms with Crippen LogP contribution >= 0.6 is 23.5 Å². The van der Waals surface area contributed by atoms with E-state index in [-0.39, 0.29) is 18.2 Å². The normalized spacial score (nSPS) is 13.2. The maximum absolute atomic E-state index is 12.4. The third kappa shape index (κ3) is 4.51. The van der Waals surface area contributed by atoms with E-state index in [0.717, 1.165) is 26.9 Å². The van der Waals surface area contributed by atoms with E-state index < -0.39 is 0 Å². The van der Waals surface area contributed by atoms with Gasteiger partial charge in [-0.15, -0.1) is 30.1 Å². The topological polar surface area (TPSA) is 49.4 Å². The Balaban J connectivity index is 1.63. The van der Waals surface area contributed by atoms with Crippen molar-refractivity contribution in [2.75, 3.05) is 28.3 Å². The van der Waals surface area contributed by atoms with Crippen LogP contribution in [0.15, 0.2) is 71.0 Å². The zero-order chi connectivity index (χ0) is 18.4. The number of hydrogen-bond donors (Lipinski definition) is 1. The van der Waals surface area contributed by atoms with E-state index in [1.54, 1.807) is 28.4 Å². The van der Waals surface area contributed by atoms with Gasteiger partial charge in [0.2, 0.25) is 11.8 Å². The van der Waals surface area contributed by atoms with Crippen molar-refractivity contribution >= 4 is 46.7 Å². The highest BCUT2D eigenvalue weighted by Crippen LogP contribution is 2.35. The van der Waals surface area contributed by atoms with Crippen molar-refractivity contribution in [1.82, 2.24) is 0 Å². The summed E-state index contributed by atoms with van der Waals surface area (Å²) in [5, 5.41) is 2.96. The van der Waals surface area contributed by atoms with Crippen LogP contribution in [0.1, 0.15) is 6.42 Å². The molecule has 1 heterocycles. The van der Waals surface area contributed by atoms with Gasteiger partial charge in [-0.1, -0.05) is 30.3 Å². The molecule has 1 aliphatic heterocycles. The fourth-order valence-corrected chi connectivity index (χ4v) is 4.35. The second-order valence-corrected chi connectivity index (χ2v) is 7.77. The average molecular weight is 385 g/mol. The molecule has 0 aliphatic carbocycles. The number of benzene rings is 2. The van der Waals surface area contributed by atoms with Gasteiger partial charge in [0.15, 0.2) is 0 Å². The summed E-state index contributed by atoms with van der Waals surface area (Å²) in [6.45, 7) is 4.10. The largest absolute Gasteiger partial charge is 0.325 e. The first-order valence-corrected chi connectivity index (χ1v) is 10.3. The van der Waals surface area contributed by atoms with Crippen LogP contribution in [0.3, 0.4) is 0 Å². The van der Waals surface area contributed by atoms with Gasteiger partial charge in [-0.3, -0.25) is 9.59 Å². The van der Waals surface area contributed by atoms with Gasteiger partial charge in [0.25, 0.3) is 0 Å². The molecule has 1 aliphatic rings. The second-order valence-electron chi connectivity index (χ2n) is 5.70. The van der Waals surface area contributed by atoms with Gasteiger partial charge in [-0.25, -0.2) is 0 Å². The summed E-state index contributed by atoms with van der Waals surface area (Å²) in [5.41, 5.74) is 1.69. The SMILES string of the molecule is C=CCSc1ccccc1NC(=O)CCN1C(=O)CSc2ccccc21. The molecular formula is C20H20N2O2S2. The molecule has 0 fully saturated rings. The van der Waals surface area contributed by atoms with Gasteiger partial charge in [-0.2, -0.15) is 0 Å². The maximum atomic E-state index is 12.4. The molecular weight excluding hydrogens is 364 g/mol. The Bertz CT molecular complexity index is 823. The Kier molecular flexibility index (Phi) is 6.41. The molecule has 2 amide bonds. The number of nitrogens with zero attached hydrogens (tertiary/aromatic N) is 1. The fraction of sp³-hybridized carbons (Fsp3) is 0.200. The van der Waals surface area contributed by atoms with Crippen LogP contribution in [0, 0.1) is 0 Å². The number of para-hydroxylation sites is 2. The number of hydrogen-bond acceptors (Lipinski definition) is 4. The first-order valence-electron chi connectivity index (χ1n) is 8.34. The summed E-state index contributed by atoms with van der Waals surface area (Å²) < 4.78 is 0. The highest BCUT2D eigenvalue weighted by molar-refractivity contribution is 8.00. The van der Waals surface area contributed by atoms with Crippen LogP contribution in [-0.2, 0) is 9.59 Å². The van der Waals surface area contributed by atoms with Gasteiger partial charge in [0.1, 0.15) is 0 Å². The van der Waals surface area contributed by atoms with Crippen molar-refractivity contribution < 1.29 is 9.59 Å². The van der Waals surface area contributed by atoms with Crippen molar-refractivity contribution in [2.24, 2.45) is 0 Å². The molecule has 0 bridgehead atoms. The van der Waals surface area contributed by atoms with E-state index in [1.165, 1.54) is 0 Å². The quantitative estimate of drug-likeness (QED) is 0.567. The molecule has 4 nitrogen and oxygen atoms in total. The number of carbonyl (C=O) groups is 2. The molecule has 6 heteroatoms. The molecule has 2 aromatic rings. The Morgan fingerprint density at radius 3 is 2.85 bits per heavy atom. The van der Waals surface area contributed by atoms with Crippen LogP contribution in [0.4, 0.5) is 11.4 Å². The fourth-order valence-electron chi connectivity index (χ4n) is 2.67. The van der Waals surface area contributed by atoms with Crippen molar-refractivity contribution in [2.45, 2.75) is 16.2 Å². The molecule has 0 unspecified atom stereocenters. The minimum atomic E-state index is -0.0971. The lowest BCUT2D eigenvalue weighted by Gasteiger charge is -2.28. The monoisotopic (exact) mass is 384 g/mol. The van der Waals surface area contributed by atoms with E-state index in [0.29, 0.717) is 12.3 Å². The lowest BCUT2D eigenvalue weighted by Crippen LogP contribution is -2.37. The third-order valence-electron chi connectivity index (χ3n) is 3.89. The van der Waals surface area contributed by atoms with Crippen LogP contribution in [0.25, 0.3) is 0 Å². The molecule has 0 spiro atoms. The Hall–Kier alpha value is -2.18. The minimum Gasteiger partial charge on any atom is -0.325 e.